The van der Waals surface area contributed by atoms with Gasteiger partial charge < -0.3 is 15.2 Å². The molecular formula is C18H21NO3. The standard InChI is InChI=1S/C18H21NO3/c1-14-5-7-15(8-6-14)13-22-17-4-2-3-16(11-17)12-19-10-9-18(20)21/h2-8,11,19H,9-10,12-13H2,1H3,(H,20,21). The molecule has 0 aliphatic rings. The predicted octanol–water partition coefficient (Wildman–Crippen LogP) is 3.14. The number of aryl methyl sites for hydroxylation is 1. The number of hydrogen-bond acceptors (Lipinski definition) is 3. The van der Waals surface area contributed by atoms with Crippen molar-refractivity contribution in [1.29, 1.82) is 0 Å². The third-order valence-corrected chi connectivity index (χ3v) is 3.27. The van der Waals surface area contributed by atoms with Crippen LogP contribution in [0.1, 0.15) is 23.1 Å². The second-order valence-electron chi connectivity index (χ2n) is 5.24. The molecule has 0 unspecified atom stereocenters. The molecule has 0 radical (unpaired) electrons. The van der Waals surface area contributed by atoms with Gasteiger partial charge in [0.1, 0.15) is 12.4 Å². The number of rotatable bonds is 8. The number of nitrogens with one attached hydrogen (secondary N) is 1. The van der Waals surface area contributed by atoms with Gasteiger partial charge in [0, 0.05) is 13.1 Å². The normalized spacial score (nSPS) is 10.4. The van der Waals surface area contributed by atoms with Crippen LogP contribution in [0.4, 0.5) is 0 Å². The Morgan fingerprint density at radius 2 is 1.91 bits per heavy atom. The summed E-state index contributed by atoms with van der Waals surface area (Å²) in [5.74, 6) is 0.0285. The lowest BCUT2D eigenvalue weighted by Gasteiger charge is -2.09. The average Bonchev–Trinajstić information content (AvgIpc) is 2.51. The maximum absolute atomic E-state index is 10.4. The molecule has 0 bridgehead atoms. The Kier molecular flexibility index (Phi) is 5.98. The number of carboxylic acids is 1. The van der Waals surface area contributed by atoms with Crippen LogP contribution in [-0.2, 0) is 17.9 Å². The second kappa shape index (κ2) is 8.20. The molecule has 0 aliphatic heterocycles. The minimum absolute atomic E-state index is 0.129. The molecule has 0 aliphatic carbocycles. The van der Waals surface area contributed by atoms with Gasteiger partial charge in [0.05, 0.1) is 6.42 Å². The van der Waals surface area contributed by atoms with Crippen LogP contribution in [0, 0.1) is 6.92 Å². The molecule has 4 heteroatoms. The fourth-order valence-corrected chi connectivity index (χ4v) is 2.02. The number of hydrogen-bond donors (Lipinski definition) is 2. The van der Waals surface area contributed by atoms with Gasteiger partial charge in [-0.25, -0.2) is 0 Å². The molecule has 0 atom stereocenters. The lowest BCUT2D eigenvalue weighted by atomic mass is 10.2. The lowest BCUT2D eigenvalue weighted by molar-refractivity contribution is -0.136. The van der Waals surface area contributed by atoms with Crippen molar-refractivity contribution in [2.45, 2.75) is 26.5 Å². The van der Waals surface area contributed by atoms with E-state index in [1.165, 1.54) is 5.56 Å². The molecule has 22 heavy (non-hydrogen) atoms. The molecule has 0 fully saturated rings. The van der Waals surface area contributed by atoms with E-state index in [2.05, 4.69) is 36.5 Å². The van der Waals surface area contributed by atoms with Crippen molar-refractivity contribution in [3.63, 3.8) is 0 Å². The summed E-state index contributed by atoms with van der Waals surface area (Å²) in [4.78, 5) is 10.4. The summed E-state index contributed by atoms with van der Waals surface area (Å²) in [6, 6.07) is 16.1. The zero-order chi connectivity index (χ0) is 15.8. The van der Waals surface area contributed by atoms with E-state index in [0.717, 1.165) is 16.9 Å². The Morgan fingerprint density at radius 1 is 1.14 bits per heavy atom. The quantitative estimate of drug-likeness (QED) is 0.735. The summed E-state index contributed by atoms with van der Waals surface area (Å²) in [6.45, 7) is 3.69. The van der Waals surface area contributed by atoms with Gasteiger partial charge in [0.15, 0.2) is 0 Å². The fraction of sp³-hybridized carbons (Fsp3) is 0.278. The van der Waals surface area contributed by atoms with Gasteiger partial charge in [0.2, 0.25) is 0 Å². The molecule has 2 aromatic carbocycles. The first-order chi connectivity index (χ1) is 10.6. The molecule has 116 valence electrons. The molecule has 2 aromatic rings. The zero-order valence-corrected chi connectivity index (χ0v) is 12.7. The molecule has 0 saturated heterocycles. The smallest absolute Gasteiger partial charge is 0.304 e. The van der Waals surface area contributed by atoms with Gasteiger partial charge in [-0.1, -0.05) is 42.0 Å². The average molecular weight is 299 g/mol. The van der Waals surface area contributed by atoms with Crippen LogP contribution in [0.2, 0.25) is 0 Å². The van der Waals surface area contributed by atoms with Crippen molar-refractivity contribution in [1.82, 2.24) is 5.32 Å². The molecule has 0 spiro atoms. The number of benzene rings is 2. The summed E-state index contributed by atoms with van der Waals surface area (Å²) in [5, 5.41) is 11.7. The topological polar surface area (TPSA) is 58.6 Å². The lowest BCUT2D eigenvalue weighted by Crippen LogP contribution is -2.17. The maximum atomic E-state index is 10.4. The first-order valence-corrected chi connectivity index (χ1v) is 7.33. The highest BCUT2D eigenvalue weighted by atomic mass is 16.5. The Bertz CT molecular complexity index is 608. The van der Waals surface area contributed by atoms with Crippen molar-refractivity contribution >= 4 is 5.97 Å². The van der Waals surface area contributed by atoms with Crippen LogP contribution >= 0.6 is 0 Å². The van der Waals surface area contributed by atoms with E-state index in [4.69, 9.17) is 9.84 Å². The van der Waals surface area contributed by atoms with Crippen molar-refractivity contribution in [3.05, 3.63) is 65.2 Å². The van der Waals surface area contributed by atoms with E-state index in [1.807, 2.05) is 24.3 Å². The highest BCUT2D eigenvalue weighted by Crippen LogP contribution is 2.15. The monoisotopic (exact) mass is 299 g/mol. The zero-order valence-electron chi connectivity index (χ0n) is 12.7. The number of carboxylic acid groups (broad SMARTS) is 1. The van der Waals surface area contributed by atoms with E-state index in [-0.39, 0.29) is 6.42 Å². The summed E-state index contributed by atoms with van der Waals surface area (Å²) >= 11 is 0. The fourth-order valence-electron chi connectivity index (χ4n) is 2.02. The Morgan fingerprint density at radius 3 is 2.64 bits per heavy atom. The van der Waals surface area contributed by atoms with Gasteiger partial charge in [-0.3, -0.25) is 4.79 Å². The largest absolute Gasteiger partial charge is 0.489 e. The van der Waals surface area contributed by atoms with E-state index in [0.29, 0.717) is 19.7 Å². The van der Waals surface area contributed by atoms with Crippen LogP contribution in [0.3, 0.4) is 0 Å². The van der Waals surface area contributed by atoms with Crippen LogP contribution in [0.5, 0.6) is 5.75 Å². The summed E-state index contributed by atoms with van der Waals surface area (Å²) < 4.78 is 5.80. The molecular weight excluding hydrogens is 278 g/mol. The molecule has 2 N–H and O–H groups in total. The van der Waals surface area contributed by atoms with E-state index in [9.17, 15) is 4.79 Å². The Balaban J connectivity index is 1.83. The van der Waals surface area contributed by atoms with E-state index >= 15 is 0 Å². The predicted molar refractivity (Wildman–Crippen MR) is 85.9 cm³/mol. The molecule has 0 aromatic heterocycles. The van der Waals surface area contributed by atoms with Gasteiger partial charge in [-0.15, -0.1) is 0 Å². The van der Waals surface area contributed by atoms with Crippen LogP contribution in [0.25, 0.3) is 0 Å². The highest BCUT2D eigenvalue weighted by molar-refractivity contribution is 5.66. The summed E-state index contributed by atoms with van der Waals surface area (Å²) in [7, 11) is 0. The number of carbonyl (C=O) groups is 1. The minimum Gasteiger partial charge on any atom is -0.489 e. The van der Waals surface area contributed by atoms with Crippen molar-refractivity contribution < 1.29 is 14.6 Å². The summed E-state index contributed by atoms with van der Waals surface area (Å²) in [5.41, 5.74) is 3.44. The van der Waals surface area contributed by atoms with Gasteiger partial charge >= 0.3 is 5.97 Å². The third-order valence-electron chi connectivity index (χ3n) is 3.27. The minimum atomic E-state index is -0.789. The number of ether oxygens (including phenoxy) is 1. The molecule has 0 saturated carbocycles. The van der Waals surface area contributed by atoms with E-state index in [1.54, 1.807) is 0 Å². The maximum Gasteiger partial charge on any atom is 0.304 e. The summed E-state index contributed by atoms with van der Waals surface area (Å²) in [6.07, 6.45) is 0.129. The molecule has 2 rings (SSSR count). The first kappa shape index (κ1) is 16.0. The third kappa shape index (κ3) is 5.58. The van der Waals surface area contributed by atoms with Gasteiger partial charge in [0.25, 0.3) is 0 Å². The number of aliphatic carboxylic acids is 1. The van der Waals surface area contributed by atoms with Gasteiger partial charge in [-0.2, -0.15) is 0 Å². The second-order valence-corrected chi connectivity index (χ2v) is 5.24. The highest BCUT2D eigenvalue weighted by Gasteiger charge is 2.00. The Hall–Kier alpha value is -2.33. The van der Waals surface area contributed by atoms with Crippen molar-refractivity contribution in [2.24, 2.45) is 0 Å². The van der Waals surface area contributed by atoms with Gasteiger partial charge in [-0.05, 0) is 30.2 Å². The molecule has 0 amide bonds. The SMILES string of the molecule is Cc1ccc(COc2cccc(CNCCC(=O)O)c2)cc1. The molecule has 0 heterocycles. The van der Waals surface area contributed by atoms with Crippen molar-refractivity contribution in [3.8, 4) is 5.75 Å². The van der Waals surface area contributed by atoms with Crippen molar-refractivity contribution in [2.75, 3.05) is 6.54 Å². The first-order valence-electron chi connectivity index (χ1n) is 7.33. The van der Waals surface area contributed by atoms with Crippen LogP contribution < -0.4 is 10.1 Å². The van der Waals surface area contributed by atoms with Crippen LogP contribution in [-0.4, -0.2) is 17.6 Å². The molecule has 4 nitrogen and oxygen atoms in total. The van der Waals surface area contributed by atoms with Crippen LogP contribution in [0.15, 0.2) is 48.5 Å². The Labute approximate surface area is 130 Å². The van der Waals surface area contributed by atoms with E-state index < -0.39 is 5.97 Å².